The Morgan fingerprint density at radius 3 is 3.00 bits per heavy atom. The largest absolute Gasteiger partial charge is 0.480 e. The first-order valence-corrected chi connectivity index (χ1v) is 6.52. The van der Waals surface area contributed by atoms with E-state index in [4.69, 9.17) is 5.73 Å². The Hall–Kier alpha value is -1.71. The summed E-state index contributed by atoms with van der Waals surface area (Å²) in [5, 5.41) is 9.38. The lowest BCUT2D eigenvalue weighted by Crippen LogP contribution is -2.44. The van der Waals surface area contributed by atoms with Crippen molar-refractivity contribution in [2.45, 2.75) is 38.6 Å². The van der Waals surface area contributed by atoms with Crippen LogP contribution in [-0.2, 0) is 11.2 Å². The van der Waals surface area contributed by atoms with Gasteiger partial charge in [0.2, 0.25) is 0 Å². The molecule has 1 unspecified atom stereocenters. The van der Waals surface area contributed by atoms with Crippen LogP contribution < -0.4 is 10.6 Å². The number of nitrogens with zero attached hydrogens (tertiary/aromatic N) is 1. The second-order valence-corrected chi connectivity index (χ2v) is 4.78. The number of fused-ring (bicyclic) bond motifs is 1. The molecule has 0 aliphatic carbocycles. The number of carboxylic acids is 1. The van der Waals surface area contributed by atoms with Gasteiger partial charge in [-0.25, -0.2) is 4.79 Å². The standard InChI is InChI=1S/C14H20N2O2/c1-2-5-13(14(17)18)16-9-4-6-10-11(15)7-3-8-12(10)16/h3,7-8,13H,2,4-6,9,15H2,1H3,(H,17,18). The van der Waals surface area contributed by atoms with E-state index in [1.54, 1.807) is 0 Å². The smallest absolute Gasteiger partial charge is 0.326 e. The molecular weight excluding hydrogens is 228 g/mol. The van der Waals surface area contributed by atoms with Gasteiger partial charge in [0.15, 0.2) is 0 Å². The van der Waals surface area contributed by atoms with Crippen LogP contribution in [-0.4, -0.2) is 23.7 Å². The van der Waals surface area contributed by atoms with Crippen LogP contribution in [0.4, 0.5) is 11.4 Å². The molecule has 0 spiro atoms. The van der Waals surface area contributed by atoms with E-state index in [1.165, 1.54) is 0 Å². The summed E-state index contributed by atoms with van der Waals surface area (Å²) >= 11 is 0. The molecule has 18 heavy (non-hydrogen) atoms. The lowest BCUT2D eigenvalue weighted by atomic mass is 9.97. The maximum absolute atomic E-state index is 11.4. The van der Waals surface area contributed by atoms with Gasteiger partial charge in [-0.15, -0.1) is 0 Å². The van der Waals surface area contributed by atoms with Crippen LogP contribution in [0.3, 0.4) is 0 Å². The van der Waals surface area contributed by atoms with E-state index in [-0.39, 0.29) is 0 Å². The van der Waals surface area contributed by atoms with Gasteiger partial charge in [0, 0.05) is 17.9 Å². The molecule has 1 heterocycles. The molecule has 1 aliphatic heterocycles. The quantitative estimate of drug-likeness (QED) is 0.802. The Balaban J connectivity index is 2.36. The maximum atomic E-state index is 11.4. The SMILES string of the molecule is CCCC(C(=O)O)N1CCCc2c(N)cccc21. The Bertz CT molecular complexity index is 445. The predicted molar refractivity (Wildman–Crippen MR) is 72.9 cm³/mol. The van der Waals surface area contributed by atoms with Crippen molar-refractivity contribution in [2.24, 2.45) is 0 Å². The first-order chi connectivity index (χ1) is 8.65. The first kappa shape index (κ1) is 12.7. The molecule has 1 aromatic carbocycles. The molecule has 4 nitrogen and oxygen atoms in total. The van der Waals surface area contributed by atoms with Gasteiger partial charge in [0.05, 0.1) is 0 Å². The van der Waals surface area contributed by atoms with Crippen molar-refractivity contribution in [2.75, 3.05) is 17.2 Å². The molecule has 0 saturated heterocycles. The highest BCUT2D eigenvalue weighted by Crippen LogP contribution is 2.33. The highest BCUT2D eigenvalue weighted by molar-refractivity contribution is 5.80. The molecule has 0 amide bonds. The molecular formula is C14H20N2O2. The van der Waals surface area contributed by atoms with Gasteiger partial charge in [-0.1, -0.05) is 19.4 Å². The Labute approximate surface area is 107 Å². The zero-order valence-electron chi connectivity index (χ0n) is 10.7. The van der Waals surface area contributed by atoms with Crippen LogP contribution in [0.2, 0.25) is 0 Å². The average molecular weight is 248 g/mol. The molecule has 1 atom stereocenters. The fraction of sp³-hybridized carbons (Fsp3) is 0.500. The second kappa shape index (κ2) is 5.29. The Morgan fingerprint density at radius 2 is 2.33 bits per heavy atom. The summed E-state index contributed by atoms with van der Waals surface area (Å²) in [4.78, 5) is 13.4. The average Bonchev–Trinajstić information content (AvgIpc) is 2.36. The van der Waals surface area contributed by atoms with Crippen molar-refractivity contribution in [3.63, 3.8) is 0 Å². The van der Waals surface area contributed by atoms with Gasteiger partial charge in [0.25, 0.3) is 0 Å². The number of anilines is 2. The summed E-state index contributed by atoms with van der Waals surface area (Å²) in [7, 11) is 0. The van der Waals surface area contributed by atoms with Gasteiger partial charge in [-0.3, -0.25) is 0 Å². The number of hydrogen-bond acceptors (Lipinski definition) is 3. The van der Waals surface area contributed by atoms with Crippen molar-refractivity contribution < 1.29 is 9.90 Å². The zero-order chi connectivity index (χ0) is 13.1. The summed E-state index contributed by atoms with van der Waals surface area (Å²) in [5.41, 5.74) is 8.86. The summed E-state index contributed by atoms with van der Waals surface area (Å²) in [6.45, 7) is 2.81. The number of nitrogen functional groups attached to an aromatic ring is 1. The van der Waals surface area contributed by atoms with E-state index in [0.717, 1.165) is 42.7 Å². The molecule has 0 saturated carbocycles. The van der Waals surface area contributed by atoms with Gasteiger partial charge in [-0.05, 0) is 37.0 Å². The number of aliphatic carboxylic acids is 1. The third-order valence-electron chi connectivity index (χ3n) is 3.55. The number of carbonyl (C=O) groups is 1. The molecule has 0 radical (unpaired) electrons. The number of nitrogens with two attached hydrogens (primary N) is 1. The molecule has 4 heteroatoms. The first-order valence-electron chi connectivity index (χ1n) is 6.52. The molecule has 0 fully saturated rings. The molecule has 98 valence electrons. The van der Waals surface area contributed by atoms with E-state index in [9.17, 15) is 9.90 Å². The summed E-state index contributed by atoms with van der Waals surface area (Å²) in [5.74, 6) is -0.743. The number of benzene rings is 1. The van der Waals surface area contributed by atoms with E-state index in [2.05, 4.69) is 0 Å². The Morgan fingerprint density at radius 1 is 1.56 bits per heavy atom. The third-order valence-corrected chi connectivity index (χ3v) is 3.55. The normalized spacial score (nSPS) is 16.2. The third kappa shape index (κ3) is 2.28. The van der Waals surface area contributed by atoms with Crippen molar-refractivity contribution in [3.8, 4) is 0 Å². The maximum Gasteiger partial charge on any atom is 0.326 e. The Kier molecular flexibility index (Phi) is 3.75. The van der Waals surface area contributed by atoms with Gasteiger partial charge in [-0.2, -0.15) is 0 Å². The fourth-order valence-electron chi connectivity index (χ4n) is 2.69. The van der Waals surface area contributed by atoms with Crippen LogP contribution in [0, 0.1) is 0 Å². The van der Waals surface area contributed by atoms with E-state index >= 15 is 0 Å². The molecule has 1 aliphatic rings. The van der Waals surface area contributed by atoms with Crippen molar-refractivity contribution in [3.05, 3.63) is 23.8 Å². The minimum Gasteiger partial charge on any atom is -0.480 e. The minimum atomic E-state index is -0.743. The van der Waals surface area contributed by atoms with E-state index < -0.39 is 12.0 Å². The highest BCUT2D eigenvalue weighted by atomic mass is 16.4. The molecule has 0 bridgehead atoms. The lowest BCUT2D eigenvalue weighted by Gasteiger charge is -2.36. The second-order valence-electron chi connectivity index (χ2n) is 4.78. The van der Waals surface area contributed by atoms with E-state index in [0.29, 0.717) is 6.42 Å². The van der Waals surface area contributed by atoms with Crippen LogP contribution in [0.5, 0.6) is 0 Å². The molecule has 0 aromatic heterocycles. The molecule has 1 aromatic rings. The van der Waals surface area contributed by atoms with Crippen LogP contribution in [0.25, 0.3) is 0 Å². The zero-order valence-corrected chi connectivity index (χ0v) is 10.7. The molecule has 3 N–H and O–H groups in total. The lowest BCUT2D eigenvalue weighted by molar-refractivity contribution is -0.138. The van der Waals surface area contributed by atoms with Crippen LogP contribution in [0.15, 0.2) is 18.2 Å². The highest BCUT2D eigenvalue weighted by Gasteiger charge is 2.29. The topological polar surface area (TPSA) is 66.6 Å². The van der Waals surface area contributed by atoms with Crippen LogP contribution in [0.1, 0.15) is 31.7 Å². The summed E-state index contributed by atoms with van der Waals surface area (Å²) in [6.07, 6.45) is 3.44. The number of carboxylic acid groups (broad SMARTS) is 1. The van der Waals surface area contributed by atoms with Gasteiger partial charge in [0.1, 0.15) is 6.04 Å². The summed E-state index contributed by atoms with van der Waals surface area (Å²) in [6, 6.07) is 5.34. The van der Waals surface area contributed by atoms with Crippen molar-refractivity contribution >= 4 is 17.3 Å². The summed E-state index contributed by atoms with van der Waals surface area (Å²) < 4.78 is 0. The van der Waals surface area contributed by atoms with Gasteiger partial charge >= 0.3 is 5.97 Å². The number of hydrogen-bond donors (Lipinski definition) is 2. The van der Waals surface area contributed by atoms with Crippen molar-refractivity contribution in [1.29, 1.82) is 0 Å². The molecule has 2 rings (SSSR count). The fourth-order valence-corrected chi connectivity index (χ4v) is 2.69. The van der Waals surface area contributed by atoms with Crippen LogP contribution >= 0.6 is 0 Å². The van der Waals surface area contributed by atoms with Crippen molar-refractivity contribution in [1.82, 2.24) is 0 Å². The van der Waals surface area contributed by atoms with E-state index in [1.807, 2.05) is 30.0 Å². The minimum absolute atomic E-state index is 0.434. The van der Waals surface area contributed by atoms with Gasteiger partial charge < -0.3 is 15.7 Å². The monoisotopic (exact) mass is 248 g/mol. The number of rotatable bonds is 4. The predicted octanol–water partition coefficient (Wildman–Crippen LogP) is 2.27.